The lowest BCUT2D eigenvalue weighted by atomic mass is 9.90. The highest BCUT2D eigenvalue weighted by atomic mass is 32.1. The standard InChI is InChI=1S/C15H20N2OS/c1-15-8-4-5-9-17(15)14-12(13(18)16-15)10-6-2-3-7-11(10)19-14/h2-9H2,1H3,(H,16,18). The fraction of sp³-hybridized carbons (Fsp3) is 0.667. The summed E-state index contributed by atoms with van der Waals surface area (Å²) in [6, 6.07) is 0. The molecule has 0 bridgehead atoms. The number of anilines is 1. The van der Waals surface area contributed by atoms with Crippen LogP contribution in [0, 0.1) is 0 Å². The van der Waals surface area contributed by atoms with E-state index in [-0.39, 0.29) is 11.6 Å². The van der Waals surface area contributed by atoms with Gasteiger partial charge in [-0.2, -0.15) is 0 Å². The molecule has 102 valence electrons. The molecule has 1 N–H and O–H groups in total. The number of nitrogens with zero attached hydrogens (tertiary/aromatic N) is 1. The summed E-state index contributed by atoms with van der Waals surface area (Å²) >= 11 is 1.89. The van der Waals surface area contributed by atoms with E-state index >= 15 is 0 Å². The van der Waals surface area contributed by atoms with Crippen LogP contribution >= 0.6 is 11.3 Å². The Morgan fingerprint density at radius 3 is 2.95 bits per heavy atom. The third kappa shape index (κ3) is 1.59. The molecule has 3 aliphatic rings. The molecule has 0 saturated carbocycles. The van der Waals surface area contributed by atoms with Crippen molar-refractivity contribution in [2.75, 3.05) is 11.4 Å². The highest BCUT2D eigenvalue weighted by Gasteiger charge is 2.44. The summed E-state index contributed by atoms with van der Waals surface area (Å²) in [4.78, 5) is 16.5. The second kappa shape index (κ2) is 3.98. The quantitative estimate of drug-likeness (QED) is 0.790. The second-order valence-corrected chi connectivity index (χ2v) is 7.31. The fourth-order valence-electron chi connectivity index (χ4n) is 3.86. The Hall–Kier alpha value is -1.03. The van der Waals surface area contributed by atoms with Crippen LogP contribution in [-0.4, -0.2) is 18.1 Å². The first-order valence-corrected chi connectivity index (χ1v) is 8.25. The second-order valence-electron chi connectivity index (χ2n) is 6.23. The number of thiophene rings is 1. The van der Waals surface area contributed by atoms with Gasteiger partial charge in [-0.25, -0.2) is 0 Å². The van der Waals surface area contributed by atoms with Crippen LogP contribution in [0.5, 0.6) is 0 Å². The van der Waals surface area contributed by atoms with Gasteiger partial charge in [-0.3, -0.25) is 4.79 Å². The van der Waals surface area contributed by atoms with E-state index in [1.54, 1.807) is 0 Å². The number of hydrogen-bond donors (Lipinski definition) is 1. The summed E-state index contributed by atoms with van der Waals surface area (Å²) in [5.41, 5.74) is 2.23. The maximum Gasteiger partial charge on any atom is 0.256 e. The van der Waals surface area contributed by atoms with Gasteiger partial charge >= 0.3 is 0 Å². The summed E-state index contributed by atoms with van der Waals surface area (Å²) in [7, 11) is 0. The largest absolute Gasteiger partial charge is 0.340 e. The van der Waals surface area contributed by atoms with Crippen molar-refractivity contribution in [2.45, 2.75) is 57.5 Å². The maximum absolute atomic E-state index is 12.5. The normalized spacial score (nSPS) is 29.3. The van der Waals surface area contributed by atoms with Gasteiger partial charge in [0, 0.05) is 11.4 Å². The lowest BCUT2D eigenvalue weighted by Gasteiger charge is -2.49. The predicted octanol–water partition coefficient (Wildman–Crippen LogP) is 3.08. The van der Waals surface area contributed by atoms with Crippen molar-refractivity contribution in [3.05, 3.63) is 16.0 Å². The molecule has 4 heteroatoms. The average Bonchev–Trinajstić information content (AvgIpc) is 2.77. The van der Waals surface area contributed by atoms with Gasteiger partial charge in [0.1, 0.15) is 10.7 Å². The first kappa shape index (κ1) is 11.8. The number of nitrogens with one attached hydrogen (secondary N) is 1. The monoisotopic (exact) mass is 276 g/mol. The minimum atomic E-state index is -0.143. The molecular weight excluding hydrogens is 256 g/mol. The molecule has 0 spiro atoms. The minimum absolute atomic E-state index is 0.143. The summed E-state index contributed by atoms with van der Waals surface area (Å²) in [5, 5.41) is 4.54. The Kier molecular flexibility index (Phi) is 2.47. The zero-order chi connectivity index (χ0) is 13.0. The molecular formula is C15H20N2OS. The fourth-order valence-corrected chi connectivity index (χ4v) is 5.39. The molecule has 1 amide bonds. The van der Waals surface area contributed by atoms with E-state index in [1.807, 2.05) is 11.3 Å². The van der Waals surface area contributed by atoms with Gasteiger partial charge in [-0.05, 0) is 57.4 Å². The molecule has 4 rings (SSSR count). The van der Waals surface area contributed by atoms with Crippen LogP contribution in [-0.2, 0) is 12.8 Å². The van der Waals surface area contributed by atoms with Gasteiger partial charge in [-0.15, -0.1) is 11.3 Å². The maximum atomic E-state index is 12.5. The van der Waals surface area contributed by atoms with Crippen LogP contribution in [0.2, 0.25) is 0 Å². The molecule has 0 radical (unpaired) electrons. The number of amides is 1. The zero-order valence-corrected chi connectivity index (χ0v) is 12.2. The molecule has 1 atom stereocenters. The Bertz CT molecular complexity index is 551. The molecule has 1 saturated heterocycles. The van der Waals surface area contributed by atoms with Gasteiger partial charge in [0.15, 0.2) is 0 Å². The lowest BCUT2D eigenvalue weighted by molar-refractivity contribution is 0.0872. The molecule has 1 unspecified atom stereocenters. The van der Waals surface area contributed by atoms with Crippen LogP contribution < -0.4 is 10.2 Å². The molecule has 1 aromatic rings. The van der Waals surface area contributed by atoms with Gasteiger partial charge in [-0.1, -0.05) is 0 Å². The summed E-state index contributed by atoms with van der Waals surface area (Å²) in [6.07, 6.45) is 8.32. The van der Waals surface area contributed by atoms with E-state index in [0.29, 0.717) is 0 Å². The smallest absolute Gasteiger partial charge is 0.256 e. The van der Waals surface area contributed by atoms with Crippen molar-refractivity contribution in [2.24, 2.45) is 0 Å². The summed E-state index contributed by atoms with van der Waals surface area (Å²) < 4.78 is 0. The highest BCUT2D eigenvalue weighted by molar-refractivity contribution is 7.16. The number of aryl methyl sites for hydroxylation is 1. The van der Waals surface area contributed by atoms with E-state index in [4.69, 9.17) is 0 Å². The predicted molar refractivity (Wildman–Crippen MR) is 78.0 cm³/mol. The Balaban J connectivity index is 1.87. The van der Waals surface area contributed by atoms with Crippen molar-refractivity contribution >= 4 is 22.2 Å². The molecule has 2 aliphatic heterocycles. The van der Waals surface area contributed by atoms with Crippen LogP contribution in [0.1, 0.15) is 59.8 Å². The van der Waals surface area contributed by atoms with E-state index in [1.165, 1.54) is 47.5 Å². The van der Waals surface area contributed by atoms with Crippen molar-refractivity contribution in [1.29, 1.82) is 0 Å². The number of carbonyl (C=O) groups is 1. The third-order valence-electron chi connectivity index (χ3n) is 4.90. The molecule has 1 fully saturated rings. The van der Waals surface area contributed by atoms with Crippen LogP contribution in [0.25, 0.3) is 0 Å². The summed E-state index contributed by atoms with van der Waals surface area (Å²) in [5.74, 6) is 0.176. The van der Waals surface area contributed by atoms with Gasteiger partial charge in [0.25, 0.3) is 5.91 Å². The molecule has 0 aromatic carbocycles. The number of piperidine rings is 1. The van der Waals surface area contributed by atoms with Crippen molar-refractivity contribution in [3.8, 4) is 0 Å². The van der Waals surface area contributed by atoms with Crippen LogP contribution in [0.15, 0.2) is 0 Å². The highest BCUT2D eigenvalue weighted by Crippen LogP contribution is 2.46. The van der Waals surface area contributed by atoms with Gasteiger partial charge < -0.3 is 10.2 Å². The topological polar surface area (TPSA) is 32.3 Å². The van der Waals surface area contributed by atoms with Crippen LogP contribution in [0.4, 0.5) is 5.00 Å². The average molecular weight is 276 g/mol. The van der Waals surface area contributed by atoms with E-state index in [9.17, 15) is 4.79 Å². The zero-order valence-electron chi connectivity index (χ0n) is 11.4. The molecule has 3 nitrogen and oxygen atoms in total. The molecule has 3 heterocycles. The Morgan fingerprint density at radius 1 is 1.21 bits per heavy atom. The van der Waals surface area contributed by atoms with Gasteiger partial charge in [0.05, 0.1) is 5.56 Å². The molecule has 19 heavy (non-hydrogen) atoms. The Labute approximate surface area is 118 Å². The number of carbonyl (C=O) groups excluding carboxylic acids is 1. The van der Waals surface area contributed by atoms with Crippen molar-refractivity contribution in [1.82, 2.24) is 5.32 Å². The van der Waals surface area contributed by atoms with Gasteiger partial charge in [0.2, 0.25) is 0 Å². The third-order valence-corrected chi connectivity index (χ3v) is 6.21. The SMILES string of the molecule is CC12CCCCN1c1sc3c(c1C(=O)N2)CCCC3. The van der Waals surface area contributed by atoms with E-state index < -0.39 is 0 Å². The number of fused-ring (bicyclic) bond motifs is 5. The number of rotatable bonds is 0. The van der Waals surface area contributed by atoms with Crippen molar-refractivity contribution in [3.63, 3.8) is 0 Å². The summed E-state index contributed by atoms with van der Waals surface area (Å²) in [6.45, 7) is 3.27. The van der Waals surface area contributed by atoms with Crippen LogP contribution in [0.3, 0.4) is 0 Å². The molecule has 1 aliphatic carbocycles. The molecule has 1 aromatic heterocycles. The number of hydrogen-bond acceptors (Lipinski definition) is 3. The lowest BCUT2D eigenvalue weighted by Crippen LogP contribution is -2.63. The first-order chi connectivity index (χ1) is 9.19. The van der Waals surface area contributed by atoms with E-state index in [2.05, 4.69) is 17.1 Å². The first-order valence-electron chi connectivity index (χ1n) is 7.44. The van der Waals surface area contributed by atoms with Crippen molar-refractivity contribution < 1.29 is 4.79 Å². The Morgan fingerprint density at radius 2 is 2.05 bits per heavy atom. The van der Waals surface area contributed by atoms with E-state index in [0.717, 1.165) is 24.9 Å². The minimum Gasteiger partial charge on any atom is -0.340 e.